The molecule has 2 amide bonds. The summed E-state index contributed by atoms with van der Waals surface area (Å²) in [5.74, 6) is 0.869. The molecule has 1 atom stereocenters. The molecule has 24 heavy (non-hydrogen) atoms. The normalized spacial score (nSPS) is 16.5. The summed E-state index contributed by atoms with van der Waals surface area (Å²) in [6.07, 6.45) is 3.55. The van der Waals surface area contributed by atoms with Crippen LogP contribution in [0.1, 0.15) is 37.1 Å². The van der Waals surface area contributed by atoms with Crippen LogP contribution in [-0.2, 0) is 6.54 Å². The van der Waals surface area contributed by atoms with E-state index in [4.69, 9.17) is 4.74 Å². The van der Waals surface area contributed by atoms with E-state index >= 15 is 0 Å². The molecule has 5 nitrogen and oxygen atoms in total. The lowest BCUT2D eigenvalue weighted by Gasteiger charge is -2.25. The van der Waals surface area contributed by atoms with Crippen molar-refractivity contribution in [3.05, 3.63) is 59.9 Å². The van der Waals surface area contributed by atoms with Crippen LogP contribution in [0.15, 0.2) is 48.7 Å². The zero-order chi connectivity index (χ0) is 16.8. The predicted octanol–water partition coefficient (Wildman–Crippen LogP) is 3.53. The maximum atomic E-state index is 12.7. The van der Waals surface area contributed by atoms with Gasteiger partial charge in [-0.3, -0.25) is 4.98 Å². The number of aromatic nitrogens is 1. The number of hydrogen-bond acceptors (Lipinski definition) is 3. The average molecular weight is 325 g/mol. The zero-order valence-electron chi connectivity index (χ0n) is 13.9. The van der Waals surface area contributed by atoms with Crippen LogP contribution in [0.5, 0.6) is 5.75 Å². The number of rotatable bonds is 4. The lowest BCUT2D eigenvalue weighted by molar-refractivity contribution is 0.192. The van der Waals surface area contributed by atoms with Gasteiger partial charge in [0.15, 0.2) is 0 Å². The molecule has 0 bridgehead atoms. The topological polar surface area (TPSA) is 54.5 Å². The van der Waals surface area contributed by atoms with Gasteiger partial charge >= 0.3 is 6.03 Å². The summed E-state index contributed by atoms with van der Waals surface area (Å²) < 4.78 is 5.77. The van der Waals surface area contributed by atoms with Gasteiger partial charge in [-0.2, -0.15) is 0 Å². The van der Waals surface area contributed by atoms with Crippen molar-refractivity contribution in [2.45, 2.75) is 32.4 Å². The number of amides is 2. The third-order valence-electron chi connectivity index (χ3n) is 4.23. The number of urea groups is 1. The van der Waals surface area contributed by atoms with Crippen LogP contribution in [-0.4, -0.2) is 29.1 Å². The maximum absolute atomic E-state index is 12.7. The van der Waals surface area contributed by atoms with Crippen molar-refractivity contribution >= 4 is 6.03 Å². The fourth-order valence-electron chi connectivity index (χ4n) is 2.93. The van der Waals surface area contributed by atoms with Crippen LogP contribution in [0.25, 0.3) is 0 Å². The van der Waals surface area contributed by atoms with Gasteiger partial charge in [0, 0.05) is 18.3 Å². The van der Waals surface area contributed by atoms with Gasteiger partial charge in [-0.25, -0.2) is 4.79 Å². The Hall–Kier alpha value is -2.56. The largest absolute Gasteiger partial charge is 0.493 e. The molecule has 0 spiro atoms. The maximum Gasteiger partial charge on any atom is 0.318 e. The molecule has 1 N–H and O–H groups in total. The molecule has 1 aromatic heterocycles. The van der Waals surface area contributed by atoms with Crippen molar-refractivity contribution in [3.8, 4) is 5.75 Å². The van der Waals surface area contributed by atoms with Gasteiger partial charge in [0.05, 0.1) is 24.9 Å². The first-order chi connectivity index (χ1) is 11.8. The van der Waals surface area contributed by atoms with Gasteiger partial charge in [0.2, 0.25) is 0 Å². The number of carbonyl (C=O) groups excluding carboxylic acids is 1. The van der Waals surface area contributed by atoms with E-state index in [0.29, 0.717) is 19.7 Å². The molecule has 2 aromatic rings. The first-order valence-electron chi connectivity index (χ1n) is 8.45. The molecule has 1 aliphatic rings. The Kier molecular flexibility index (Phi) is 5.31. The molecule has 2 heterocycles. The molecule has 126 valence electrons. The van der Waals surface area contributed by atoms with Crippen molar-refractivity contribution in [2.75, 3.05) is 13.2 Å². The summed E-state index contributed by atoms with van der Waals surface area (Å²) in [4.78, 5) is 18.8. The second kappa shape index (κ2) is 7.81. The van der Waals surface area contributed by atoms with Crippen molar-refractivity contribution in [1.29, 1.82) is 0 Å². The van der Waals surface area contributed by atoms with E-state index in [1.807, 2.05) is 49.4 Å². The number of fused-ring (bicyclic) bond motifs is 1. The Morgan fingerprint density at radius 1 is 1.29 bits per heavy atom. The summed E-state index contributed by atoms with van der Waals surface area (Å²) in [5, 5.41) is 3.17. The molecular formula is C19H23N3O2. The van der Waals surface area contributed by atoms with Gasteiger partial charge in [-0.05, 0) is 38.0 Å². The van der Waals surface area contributed by atoms with E-state index in [1.54, 1.807) is 11.1 Å². The Balaban J connectivity index is 1.71. The van der Waals surface area contributed by atoms with Gasteiger partial charge < -0.3 is 15.0 Å². The van der Waals surface area contributed by atoms with Crippen LogP contribution in [0.2, 0.25) is 0 Å². The van der Waals surface area contributed by atoms with Crippen molar-refractivity contribution in [2.24, 2.45) is 0 Å². The Labute approximate surface area is 142 Å². The number of benzene rings is 1. The Morgan fingerprint density at radius 3 is 2.92 bits per heavy atom. The molecule has 5 heteroatoms. The number of carbonyl (C=O) groups is 1. The number of nitrogens with one attached hydrogen (secondary N) is 1. The number of para-hydroxylation sites is 1. The highest BCUT2D eigenvalue weighted by molar-refractivity contribution is 5.74. The number of ether oxygens (including phenoxy) is 1. The highest BCUT2D eigenvalue weighted by Crippen LogP contribution is 2.31. The predicted molar refractivity (Wildman–Crippen MR) is 92.8 cm³/mol. The molecule has 1 aliphatic heterocycles. The summed E-state index contributed by atoms with van der Waals surface area (Å²) in [6, 6.07) is 13.6. The minimum Gasteiger partial charge on any atom is -0.493 e. The molecule has 0 aliphatic carbocycles. The average Bonchev–Trinajstić information content (AvgIpc) is 2.83. The minimum atomic E-state index is -0.0649. The second-order valence-electron chi connectivity index (χ2n) is 5.87. The second-order valence-corrected chi connectivity index (χ2v) is 5.87. The van der Waals surface area contributed by atoms with E-state index in [1.165, 1.54) is 0 Å². The van der Waals surface area contributed by atoms with Crippen LogP contribution in [0, 0.1) is 0 Å². The highest BCUT2D eigenvalue weighted by Gasteiger charge is 2.23. The number of pyridine rings is 1. The third-order valence-corrected chi connectivity index (χ3v) is 4.23. The quantitative estimate of drug-likeness (QED) is 0.935. The van der Waals surface area contributed by atoms with E-state index in [-0.39, 0.29) is 12.1 Å². The van der Waals surface area contributed by atoms with Gasteiger partial charge in [-0.15, -0.1) is 0 Å². The van der Waals surface area contributed by atoms with E-state index in [0.717, 1.165) is 29.8 Å². The fourth-order valence-corrected chi connectivity index (χ4v) is 2.93. The zero-order valence-corrected chi connectivity index (χ0v) is 13.9. The third kappa shape index (κ3) is 3.85. The summed E-state index contributed by atoms with van der Waals surface area (Å²) in [5.41, 5.74) is 1.94. The molecule has 1 aromatic carbocycles. The van der Waals surface area contributed by atoms with Crippen LogP contribution in [0.3, 0.4) is 0 Å². The molecule has 0 unspecified atom stereocenters. The first-order valence-corrected chi connectivity index (χ1v) is 8.45. The van der Waals surface area contributed by atoms with Crippen molar-refractivity contribution < 1.29 is 9.53 Å². The molecule has 0 fully saturated rings. The number of hydrogen-bond donors (Lipinski definition) is 1. The van der Waals surface area contributed by atoms with Gasteiger partial charge in [0.25, 0.3) is 0 Å². The minimum absolute atomic E-state index is 0.0195. The molecule has 0 saturated heterocycles. The monoisotopic (exact) mass is 325 g/mol. The van der Waals surface area contributed by atoms with Crippen LogP contribution < -0.4 is 10.1 Å². The smallest absolute Gasteiger partial charge is 0.318 e. The molecular weight excluding hydrogens is 302 g/mol. The molecule has 0 radical (unpaired) electrons. The Bertz CT molecular complexity index is 675. The fraction of sp³-hybridized carbons (Fsp3) is 0.368. The van der Waals surface area contributed by atoms with Crippen LogP contribution >= 0.6 is 0 Å². The SMILES string of the molecule is CCN(Cc1ccccn1)C(=O)N[C@H]1CCCOc2ccccc21. The van der Waals surface area contributed by atoms with Crippen molar-refractivity contribution in [3.63, 3.8) is 0 Å². The van der Waals surface area contributed by atoms with E-state index in [2.05, 4.69) is 10.3 Å². The summed E-state index contributed by atoms with van der Waals surface area (Å²) in [7, 11) is 0. The standard InChI is InChI=1S/C19H23N3O2/c1-2-22(14-15-8-5-6-12-20-15)19(23)21-17-10-7-13-24-18-11-4-3-9-16(17)18/h3-6,8-9,11-12,17H,2,7,10,13-14H2,1H3,(H,21,23)/t17-/m0/s1. The van der Waals surface area contributed by atoms with E-state index in [9.17, 15) is 4.79 Å². The molecule has 3 rings (SSSR count). The first kappa shape index (κ1) is 16.3. The van der Waals surface area contributed by atoms with Gasteiger partial charge in [0.1, 0.15) is 5.75 Å². The highest BCUT2D eigenvalue weighted by atomic mass is 16.5. The lowest BCUT2D eigenvalue weighted by Crippen LogP contribution is -2.41. The molecule has 0 saturated carbocycles. The van der Waals surface area contributed by atoms with Crippen LogP contribution in [0.4, 0.5) is 4.79 Å². The van der Waals surface area contributed by atoms with Crippen molar-refractivity contribution in [1.82, 2.24) is 15.2 Å². The lowest BCUT2D eigenvalue weighted by atomic mass is 10.0. The van der Waals surface area contributed by atoms with Gasteiger partial charge in [-0.1, -0.05) is 24.3 Å². The summed E-state index contributed by atoms with van der Waals surface area (Å²) >= 11 is 0. The van der Waals surface area contributed by atoms with E-state index < -0.39 is 0 Å². The summed E-state index contributed by atoms with van der Waals surface area (Å²) in [6.45, 7) is 3.81. The number of nitrogens with zero attached hydrogens (tertiary/aromatic N) is 2. The Morgan fingerprint density at radius 2 is 2.12 bits per heavy atom.